The monoisotopic (exact) mass is 240 g/mol. The maximum absolute atomic E-state index is 6.00. The summed E-state index contributed by atoms with van der Waals surface area (Å²) in [6.45, 7) is 4.58. The maximum atomic E-state index is 6.00. The van der Waals surface area contributed by atoms with Crippen molar-refractivity contribution in [2.75, 3.05) is 24.5 Å². The van der Waals surface area contributed by atoms with Crippen LogP contribution in [-0.4, -0.2) is 29.6 Å². The summed E-state index contributed by atoms with van der Waals surface area (Å²) in [4.78, 5) is 10.8. The van der Waals surface area contributed by atoms with Crippen molar-refractivity contribution in [3.05, 3.63) is 16.9 Å². The molecule has 16 heavy (non-hydrogen) atoms. The lowest BCUT2D eigenvalue weighted by atomic mass is 9.99. The van der Waals surface area contributed by atoms with E-state index in [0.29, 0.717) is 11.1 Å². The quantitative estimate of drug-likeness (QED) is 0.799. The molecular weight excluding hydrogens is 224 g/mol. The molecule has 1 aromatic rings. The van der Waals surface area contributed by atoms with E-state index < -0.39 is 0 Å². The first kappa shape index (κ1) is 11.6. The lowest BCUT2D eigenvalue weighted by molar-refractivity contribution is 0.419. The Morgan fingerprint density at radius 1 is 1.62 bits per heavy atom. The van der Waals surface area contributed by atoms with Gasteiger partial charge in [0.2, 0.25) is 5.95 Å². The van der Waals surface area contributed by atoms with Crippen LogP contribution in [0, 0.1) is 12.8 Å². The predicted octanol–water partition coefficient (Wildman–Crippen LogP) is 1.61. The van der Waals surface area contributed by atoms with E-state index in [4.69, 9.17) is 17.3 Å². The second-order valence-corrected chi connectivity index (χ2v) is 4.69. The third-order valence-corrected chi connectivity index (χ3v) is 3.41. The molecule has 0 aliphatic carbocycles. The molecule has 1 unspecified atom stereocenters. The van der Waals surface area contributed by atoms with Crippen LogP contribution < -0.4 is 10.6 Å². The Hall–Kier alpha value is -0.870. The van der Waals surface area contributed by atoms with Crippen LogP contribution in [0.1, 0.15) is 18.4 Å². The van der Waals surface area contributed by atoms with Gasteiger partial charge in [0.25, 0.3) is 0 Å². The van der Waals surface area contributed by atoms with E-state index in [1.54, 1.807) is 6.20 Å². The molecule has 5 heteroatoms. The maximum Gasteiger partial charge on any atom is 0.226 e. The van der Waals surface area contributed by atoms with E-state index in [1.165, 1.54) is 6.42 Å². The first-order valence-corrected chi connectivity index (χ1v) is 6.02. The van der Waals surface area contributed by atoms with E-state index in [2.05, 4.69) is 14.9 Å². The van der Waals surface area contributed by atoms with Crippen molar-refractivity contribution in [1.29, 1.82) is 0 Å². The van der Waals surface area contributed by atoms with Crippen LogP contribution in [0.2, 0.25) is 5.15 Å². The molecule has 1 aromatic heterocycles. The minimum atomic E-state index is 0.542. The molecule has 0 amide bonds. The zero-order valence-corrected chi connectivity index (χ0v) is 10.2. The second-order valence-electron chi connectivity index (χ2n) is 4.33. The van der Waals surface area contributed by atoms with Crippen LogP contribution in [-0.2, 0) is 0 Å². The SMILES string of the molecule is Cc1cnc(N2CCCC(CN)C2)nc1Cl. The highest BCUT2D eigenvalue weighted by atomic mass is 35.5. The van der Waals surface area contributed by atoms with E-state index in [-0.39, 0.29) is 0 Å². The van der Waals surface area contributed by atoms with Gasteiger partial charge in [-0.25, -0.2) is 9.97 Å². The summed E-state index contributed by atoms with van der Waals surface area (Å²) in [7, 11) is 0. The fourth-order valence-corrected chi connectivity index (χ4v) is 2.13. The standard InChI is InChI=1S/C11H17ClN4/c1-8-6-14-11(15-10(8)12)16-4-2-3-9(5-13)7-16/h6,9H,2-5,7,13H2,1H3. The van der Waals surface area contributed by atoms with Gasteiger partial charge in [-0.3, -0.25) is 0 Å². The lowest BCUT2D eigenvalue weighted by Crippen LogP contribution is -2.39. The van der Waals surface area contributed by atoms with Gasteiger partial charge < -0.3 is 10.6 Å². The second kappa shape index (κ2) is 4.97. The molecular formula is C11H17ClN4. The first-order valence-electron chi connectivity index (χ1n) is 5.65. The van der Waals surface area contributed by atoms with Gasteiger partial charge in [0, 0.05) is 24.8 Å². The number of aryl methyl sites for hydroxylation is 1. The average Bonchev–Trinajstić information content (AvgIpc) is 2.33. The van der Waals surface area contributed by atoms with Gasteiger partial charge in [0.1, 0.15) is 5.15 Å². The number of anilines is 1. The van der Waals surface area contributed by atoms with Crippen molar-refractivity contribution in [2.24, 2.45) is 11.7 Å². The van der Waals surface area contributed by atoms with Gasteiger partial charge in [-0.15, -0.1) is 0 Å². The van der Waals surface area contributed by atoms with E-state index in [9.17, 15) is 0 Å². The largest absolute Gasteiger partial charge is 0.340 e. The van der Waals surface area contributed by atoms with Crippen LogP contribution in [0.5, 0.6) is 0 Å². The molecule has 0 aromatic carbocycles. The molecule has 4 nitrogen and oxygen atoms in total. The molecule has 2 N–H and O–H groups in total. The van der Waals surface area contributed by atoms with Crippen molar-refractivity contribution < 1.29 is 0 Å². The molecule has 88 valence electrons. The van der Waals surface area contributed by atoms with Gasteiger partial charge in [-0.05, 0) is 32.2 Å². The molecule has 1 atom stereocenters. The Morgan fingerprint density at radius 3 is 3.12 bits per heavy atom. The number of halogens is 1. The molecule has 1 saturated heterocycles. The van der Waals surface area contributed by atoms with Crippen molar-refractivity contribution in [3.63, 3.8) is 0 Å². The van der Waals surface area contributed by atoms with Gasteiger partial charge >= 0.3 is 0 Å². The normalized spacial score (nSPS) is 21.2. The molecule has 1 fully saturated rings. The molecule has 0 spiro atoms. The Morgan fingerprint density at radius 2 is 2.44 bits per heavy atom. The lowest BCUT2D eigenvalue weighted by Gasteiger charge is -2.32. The van der Waals surface area contributed by atoms with Crippen molar-refractivity contribution in [2.45, 2.75) is 19.8 Å². The van der Waals surface area contributed by atoms with Crippen LogP contribution in [0.3, 0.4) is 0 Å². The fourth-order valence-electron chi connectivity index (χ4n) is 2.00. The number of nitrogens with zero attached hydrogens (tertiary/aromatic N) is 3. The molecule has 2 heterocycles. The fraction of sp³-hybridized carbons (Fsp3) is 0.636. The summed E-state index contributed by atoms with van der Waals surface area (Å²) in [5.41, 5.74) is 6.62. The molecule has 0 saturated carbocycles. The number of nitrogens with two attached hydrogens (primary N) is 1. The van der Waals surface area contributed by atoms with Gasteiger partial charge in [0.05, 0.1) is 0 Å². The molecule has 1 aliphatic rings. The van der Waals surface area contributed by atoms with Gasteiger partial charge in [0.15, 0.2) is 0 Å². The van der Waals surface area contributed by atoms with E-state index in [1.807, 2.05) is 6.92 Å². The topological polar surface area (TPSA) is 55.0 Å². The molecule has 2 rings (SSSR count). The number of aromatic nitrogens is 2. The summed E-state index contributed by atoms with van der Waals surface area (Å²) >= 11 is 6.00. The third-order valence-electron chi connectivity index (χ3n) is 3.03. The Kier molecular flexibility index (Phi) is 3.61. The summed E-state index contributed by atoms with van der Waals surface area (Å²) in [5, 5.41) is 0.542. The summed E-state index contributed by atoms with van der Waals surface area (Å²) in [6, 6.07) is 0. The Labute approximate surface area is 101 Å². The minimum Gasteiger partial charge on any atom is -0.340 e. The van der Waals surface area contributed by atoms with Crippen LogP contribution in [0.25, 0.3) is 0 Å². The summed E-state index contributed by atoms with van der Waals surface area (Å²) in [6.07, 6.45) is 4.13. The van der Waals surface area contributed by atoms with Crippen LogP contribution >= 0.6 is 11.6 Å². The van der Waals surface area contributed by atoms with E-state index in [0.717, 1.165) is 37.6 Å². The highest BCUT2D eigenvalue weighted by Crippen LogP contribution is 2.21. The zero-order valence-electron chi connectivity index (χ0n) is 9.49. The van der Waals surface area contributed by atoms with Gasteiger partial charge in [-0.1, -0.05) is 11.6 Å². The molecule has 1 aliphatic heterocycles. The van der Waals surface area contributed by atoms with Crippen molar-refractivity contribution in [1.82, 2.24) is 9.97 Å². The number of hydrogen-bond acceptors (Lipinski definition) is 4. The predicted molar refractivity (Wildman–Crippen MR) is 65.8 cm³/mol. The highest BCUT2D eigenvalue weighted by Gasteiger charge is 2.20. The summed E-state index contributed by atoms with van der Waals surface area (Å²) in [5.74, 6) is 1.28. The van der Waals surface area contributed by atoms with Gasteiger partial charge in [-0.2, -0.15) is 0 Å². The average molecular weight is 241 g/mol. The molecule has 0 radical (unpaired) electrons. The zero-order chi connectivity index (χ0) is 11.5. The van der Waals surface area contributed by atoms with Crippen LogP contribution in [0.4, 0.5) is 5.95 Å². The minimum absolute atomic E-state index is 0.542. The smallest absolute Gasteiger partial charge is 0.226 e. The summed E-state index contributed by atoms with van der Waals surface area (Å²) < 4.78 is 0. The third kappa shape index (κ3) is 2.44. The Bertz CT molecular complexity index is 369. The molecule has 0 bridgehead atoms. The highest BCUT2D eigenvalue weighted by molar-refractivity contribution is 6.30. The van der Waals surface area contributed by atoms with Crippen molar-refractivity contribution >= 4 is 17.5 Å². The number of rotatable bonds is 2. The number of hydrogen-bond donors (Lipinski definition) is 1. The van der Waals surface area contributed by atoms with Crippen LogP contribution in [0.15, 0.2) is 6.20 Å². The first-order chi connectivity index (χ1) is 7.70. The Balaban J connectivity index is 2.13. The van der Waals surface area contributed by atoms with E-state index >= 15 is 0 Å². The van der Waals surface area contributed by atoms with Crippen molar-refractivity contribution in [3.8, 4) is 0 Å². The number of piperidine rings is 1.